The van der Waals surface area contributed by atoms with Gasteiger partial charge in [0.05, 0.1) is 16.9 Å². The third kappa shape index (κ3) is 1.17. The number of hydrogen-bond donors (Lipinski definition) is 0. The zero-order valence-electron chi connectivity index (χ0n) is 4.43. The second-order valence-electron chi connectivity index (χ2n) is 1.52. The molecule has 0 aliphatic carbocycles. The molecule has 0 fully saturated rings. The van der Waals surface area contributed by atoms with Crippen LogP contribution in [0.5, 0.6) is 0 Å². The van der Waals surface area contributed by atoms with Crippen molar-refractivity contribution in [2.75, 3.05) is 0 Å². The summed E-state index contributed by atoms with van der Waals surface area (Å²) in [6, 6.07) is 1.76. The van der Waals surface area contributed by atoms with Crippen LogP contribution in [0, 0.1) is 6.92 Å². The highest BCUT2D eigenvalue weighted by Crippen LogP contribution is 2.03. The van der Waals surface area contributed by atoms with E-state index in [0.717, 1.165) is 5.69 Å². The first-order valence-electron chi connectivity index (χ1n) is 2.24. The van der Waals surface area contributed by atoms with E-state index in [1.54, 1.807) is 6.07 Å². The van der Waals surface area contributed by atoms with Crippen LogP contribution in [0.15, 0.2) is 12.3 Å². The van der Waals surface area contributed by atoms with Gasteiger partial charge >= 0.3 is 0 Å². The maximum Gasteiger partial charge on any atom is 0.0682 e. The van der Waals surface area contributed by atoms with E-state index in [0.29, 0.717) is 5.02 Å². The SMILES string of the molecule is Cc1cc(Cl)cnn1. The lowest BCUT2D eigenvalue weighted by atomic mass is 10.4. The lowest BCUT2D eigenvalue weighted by Gasteiger charge is -1.86. The number of rotatable bonds is 0. The van der Waals surface area contributed by atoms with Crippen molar-refractivity contribution in [3.8, 4) is 0 Å². The fourth-order valence-electron chi connectivity index (χ4n) is 0.441. The van der Waals surface area contributed by atoms with Gasteiger partial charge in [-0.2, -0.15) is 10.2 Å². The number of nitrogens with zero attached hydrogens (tertiary/aromatic N) is 2. The maximum atomic E-state index is 5.54. The molecule has 0 aliphatic rings. The maximum absolute atomic E-state index is 5.54. The number of halogens is 1. The molecule has 0 unspecified atom stereocenters. The minimum Gasteiger partial charge on any atom is -0.157 e. The van der Waals surface area contributed by atoms with E-state index in [4.69, 9.17) is 11.6 Å². The van der Waals surface area contributed by atoms with Gasteiger partial charge in [-0.25, -0.2) is 0 Å². The first-order chi connectivity index (χ1) is 3.79. The molecule has 0 aliphatic heterocycles. The van der Waals surface area contributed by atoms with Crippen LogP contribution in [0.1, 0.15) is 5.69 Å². The smallest absolute Gasteiger partial charge is 0.0682 e. The predicted octanol–water partition coefficient (Wildman–Crippen LogP) is 1.44. The molecule has 2 nitrogen and oxygen atoms in total. The van der Waals surface area contributed by atoms with Gasteiger partial charge in [-0.05, 0) is 13.0 Å². The Morgan fingerprint density at radius 1 is 1.62 bits per heavy atom. The van der Waals surface area contributed by atoms with E-state index in [-0.39, 0.29) is 0 Å². The van der Waals surface area contributed by atoms with Crippen LogP contribution in [0.4, 0.5) is 0 Å². The highest BCUT2D eigenvalue weighted by Gasteiger charge is 1.85. The molecule has 0 radical (unpaired) electrons. The van der Waals surface area contributed by atoms with E-state index in [9.17, 15) is 0 Å². The van der Waals surface area contributed by atoms with Crippen LogP contribution in [-0.4, -0.2) is 10.2 Å². The summed E-state index contributed by atoms with van der Waals surface area (Å²) in [4.78, 5) is 0. The van der Waals surface area contributed by atoms with Crippen LogP contribution < -0.4 is 0 Å². The summed E-state index contributed by atoms with van der Waals surface area (Å²) < 4.78 is 0. The van der Waals surface area contributed by atoms with Gasteiger partial charge < -0.3 is 0 Å². The Hall–Kier alpha value is -0.630. The molecule has 0 bridgehead atoms. The predicted molar refractivity (Wildman–Crippen MR) is 31.8 cm³/mol. The lowest BCUT2D eigenvalue weighted by Crippen LogP contribution is -1.82. The molecular weight excluding hydrogens is 124 g/mol. The summed E-state index contributed by atoms with van der Waals surface area (Å²) >= 11 is 5.54. The standard InChI is InChI=1S/C5H5ClN2/c1-4-2-5(6)3-7-8-4/h2-3H,1H3. The Morgan fingerprint density at radius 3 is 2.75 bits per heavy atom. The Kier molecular flexibility index (Phi) is 1.44. The topological polar surface area (TPSA) is 25.8 Å². The van der Waals surface area contributed by atoms with E-state index in [1.807, 2.05) is 6.92 Å². The third-order valence-electron chi connectivity index (χ3n) is 0.743. The molecule has 8 heavy (non-hydrogen) atoms. The van der Waals surface area contributed by atoms with Crippen LogP contribution in [0.2, 0.25) is 5.02 Å². The van der Waals surface area contributed by atoms with Crippen molar-refractivity contribution < 1.29 is 0 Å². The Morgan fingerprint density at radius 2 is 2.38 bits per heavy atom. The van der Waals surface area contributed by atoms with Crippen molar-refractivity contribution >= 4 is 11.6 Å². The summed E-state index contributed by atoms with van der Waals surface area (Å²) in [6.07, 6.45) is 1.51. The normalized spacial score (nSPS) is 9.25. The average molecular weight is 129 g/mol. The quantitative estimate of drug-likeness (QED) is 0.529. The fraction of sp³-hybridized carbons (Fsp3) is 0.200. The molecular formula is C5H5ClN2. The Labute approximate surface area is 52.5 Å². The van der Waals surface area contributed by atoms with Crippen molar-refractivity contribution in [3.05, 3.63) is 23.0 Å². The number of aromatic nitrogens is 2. The van der Waals surface area contributed by atoms with Crippen LogP contribution >= 0.6 is 11.6 Å². The minimum absolute atomic E-state index is 0.637. The minimum atomic E-state index is 0.637. The van der Waals surface area contributed by atoms with Crippen LogP contribution in [-0.2, 0) is 0 Å². The first kappa shape index (κ1) is 5.51. The molecule has 0 saturated carbocycles. The lowest BCUT2D eigenvalue weighted by molar-refractivity contribution is 0.981. The van der Waals surface area contributed by atoms with Gasteiger partial charge in [0.15, 0.2) is 0 Å². The third-order valence-corrected chi connectivity index (χ3v) is 0.950. The Balaban J connectivity index is 3.08. The molecule has 0 atom stereocenters. The molecule has 3 heteroatoms. The van der Waals surface area contributed by atoms with Crippen molar-refractivity contribution in [1.29, 1.82) is 0 Å². The molecule has 1 rings (SSSR count). The molecule has 0 aromatic carbocycles. The zero-order valence-corrected chi connectivity index (χ0v) is 5.18. The summed E-state index contributed by atoms with van der Waals surface area (Å²) in [7, 11) is 0. The van der Waals surface area contributed by atoms with Gasteiger partial charge in [0.25, 0.3) is 0 Å². The van der Waals surface area contributed by atoms with Crippen molar-refractivity contribution in [1.82, 2.24) is 10.2 Å². The summed E-state index contributed by atoms with van der Waals surface area (Å²) in [5, 5.41) is 7.94. The molecule has 1 heterocycles. The van der Waals surface area contributed by atoms with Gasteiger partial charge in [0.1, 0.15) is 0 Å². The monoisotopic (exact) mass is 128 g/mol. The molecule has 0 N–H and O–H groups in total. The summed E-state index contributed by atoms with van der Waals surface area (Å²) in [6.45, 7) is 1.85. The number of aryl methyl sites for hydroxylation is 1. The van der Waals surface area contributed by atoms with Gasteiger partial charge in [-0.15, -0.1) is 0 Å². The summed E-state index contributed by atoms with van der Waals surface area (Å²) in [5.74, 6) is 0. The van der Waals surface area contributed by atoms with Crippen molar-refractivity contribution in [2.45, 2.75) is 6.92 Å². The van der Waals surface area contributed by atoms with Gasteiger partial charge in [-0.1, -0.05) is 11.6 Å². The van der Waals surface area contributed by atoms with Crippen molar-refractivity contribution in [2.24, 2.45) is 0 Å². The van der Waals surface area contributed by atoms with E-state index in [2.05, 4.69) is 10.2 Å². The molecule has 1 aromatic rings. The van der Waals surface area contributed by atoms with E-state index in [1.165, 1.54) is 6.20 Å². The Bertz CT molecular complexity index is 170. The number of hydrogen-bond acceptors (Lipinski definition) is 2. The van der Waals surface area contributed by atoms with Crippen LogP contribution in [0.25, 0.3) is 0 Å². The van der Waals surface area contributed by atoms with Crippen LogP contribution in [0.3, 0.4) is 0 Å². The second kappa shape index (κ2) is 2.09. The van der Waals surface area contributed by atoms with Gasteiger partial charge in [0, 0.05) is 0 Å². The highest BCUT2D eigenvalue weighted by molar-refractivity contribution is 6.30. The second-order valence-corrected chi connectivity index (χ2v) is 1.95. The fourth-order valence-corrected chi connectivity index (χ4v) is 0.642. The molecule has 42 valence electrons. The molecule has 0 spiro atoms. The molecule has 0 saturated heterocycles. The average Bonchev–Trinajstić information content (AvgIpc) is 1.64. The van der Waals surface area contributed by atoms with Gasteiger partial charge in [0.2, 0.25) is 0 Å². The summed E-state index contributed by atoms with van der Waals surface area (Å²) in [5.41, 5.74) is 0.845. The molecule has 0 amide bonds. The highest BCUT2D eigenvalue weighted by atomic mass is 35.5. The zero-order chi connectivity index (χ0) is 5.98. The largest absolute Gasteiger partial charge is 0.157 e. The van der Waals surface area contributed by atoms with Crippen molar-refractivity contribution in [3.63, 3.8) is 0 Å². The first-order valence-corrected chi connectivity index (χ1v) is 2.61. The van der Waals surface area contributed by atoms with E-state index < -0.39 is 0 Å². The molecule has 1 aromatic heterocycles. The van der Waals surface area contributed by atoms with Gasteiger partial charge in [-0.3, -0.25) is 0 Å². The van der Waals surface area contributed by atoms with E-state index >= 15 is 0 Å².